The zero-order valence-electron chi connectivity index (χ0n) is 15.5. The molecule has 0 saturated carbocycles. The highest BCUT2D eigenvalue weighted by molar-refractivity contribution is 5.97. The number of aromatic nitrogens is 1. The van der Waals surface area contributed by atoms with E-state index in [1.807, 2.05) is 13.8 Å². The average molecular weight is 384 g/mol. The van der Waals surface area contributed by atoms with Crippen molar-refractivity contribution in [2.75, 3.05) is 13.2 Å². The Morgan fingerprint density at radius 3 is 2.59 bits per heavy atom. The van der Waals surface area contributed by atoms with Crippen LogP contribution in [-0.2, 0) is 17.5 Å². The van der Waals surface area contributed by atoms with E-state index in [0.29, 0.717) is 31.6 Å². The number of aryl methyl sites for hydroxylation is 1. The van der Waals surface area contributed by atoms with Crippen LogP contribution in [0.1, 0.15) is 43.1 Å². The minimum atomic E-state index is -4.56. The summed E-state index contributed by atoms with van der Waals surface area (Å²) in [7, 11) is 0. The first-order chi connectivity index (χ1) is 12.6. The highest BCUT2D eigenvalue weighted by Crippen LogP contribution is 2.30. The molecule has 1 N–H and O–H groups in total. The molecule has 0 unspecified atom stereocenters. The normalized spacial score (nSPS) is 12.0. The van der Waals surface area contributed by atoms with E-state index in [1.54, 1.807) is 11.5 Å². The fourth-order valence-corrected chi connectivity index (χ4v) is 2.69. The second-order valence-electron chi connectivity index (χ2n) is 6.42. The van der Waals surface area contributed by atoms with Crippen molar-refractivity contribution in [2.24, 2.45) is 0 Å². The number of pyridine rings is 1. The van der Waals surface area contributed by atoms with Crippen molar-refractivity contribution in [3.63, 3.8) is 0 Å². The summed E-state index contributed by atoms with van der Waals surface area (Å²) in [6.45, 7) is 6.75. The Morgan fingerprint density at radius 1 is 1.30 bits per heavy atom. The number of alkyl halides is 3. The number of halogens is 3. The van der Waals surface area contributed by atoms with Gasteiger partial charge in [-0.05, 0) is 45.4 Å². The molecule has 0 bridgehead atoms. The zero-order valence-corrected chi connectivity index (χ0v) is 15.5. The third kappa shape index (κ3) is 5.09. The molecule has 2 rings (SSSR count). The van der Waals surface area contributed by atoms with Crippen LogP contribution in [0.5, 0.6) is 0 Å². The molecule has 5 nitrogen and oxygen atoms in total. The Bertz CT molecular complexity index is 873. The van der Waals surface area contributed by atoms with Gasteiger partial charge in [-0.2, -0.15) is 13.2 Å². The Labute approximate surface area is 155 Å². The molecule has 1 aromatic carbocycles. The number of nitrogens with one attached hydrogen (secondary N) is 1. The van der Waals surface area contributed by atoms with Gasteiger partial charge in [-0.15, -0.1) is 0 Å². The summed E-state index contributed by atoms with van der Waals surface area (Å²) in [5, 5.41) is 2.50. The molecular weight excluding hydrogens is 361 g/mol. The second kappa shape index (κ2) is 8.56. The molecule has 0 aliphatic rings. The molecule has 8 heteroatoms. The smallest absolute Gasteiger partial charge is 0.379 e. The fourth-order valence-electron chi connectivity index (χ4n) is 2.69. The van der Waals surface area contributed by atoms with Gasteiger partial charge in [0.15, 0.2) is 0 Å². The lowest BCUT2D eigenvalue weighted by Crippen LogP contribution is -2.31. The molecule has 0 atom stereocenters. The molecule has 1 aromatic heterocycles. The van der Waals surface area contributed by atoms with Crippen molar-refractivity contribution in [3.05, 3.63) is 45.7 Å². The fraction of sp³-hybridized carbons (Fsp3) is 0.474. The van der Waals surface area contributed by atoms with Gasteiger partial charge < -0.3 is 14.6 Å². The molecule has 1 heterocycles. The number of fused-ring (bicyclic) bond motifs is 1. The van der Waals surface area contributed by atoms with E-state index in [-0.39, 0.29) is 17.1 Å². The first-order valence-electron chi connectivity index (χ1n) is 8.79. The third-order valence-electron chi connectivity index (χ3n) is 4.05. The summed E-state index contributed by atoms with van der Waals surface area (Å²) in [5.74, 6) is -0.606. The predicted molar refractivity (Wildman–Crippen MR) is 96.9 cm³/mol. The quantitative estimate of drug-likeness (QED) is 0.743. The molecule has 27 heavy (non-hydrogen) atoms. The topological polar surface area (TPSA) is 60.3 Å². The van der Waals surface area contributed by atoms with Gasteiger partial charge in [0.1, 0.15) is 5.56 Å². The largest absolute Gasteiger partial charge is 0.416 e. The van der Waals surface area contributed by atoms with E-state index in [0.717, 1.165) is 12.1 Å². The maximum absolute atomic E-state index is 13.0. The summed E-state index contributed by atoms with van der Waals surface area (Å²) in [4.78, 5) is 25.0. The monoisotopic (exact) mass is 384 g/mol. The van der Waals surface area contributed by atoms with E-state index < -0.39 is 23.1 Å². The maximum atomic E-state index is 13.0. The lowest BCUT2D eigenvalue weighted by Gasteiger charge is -2.14. The number of ether oxygens (including phenoxy) is 1. The lowest BCUT2D eigenvalue weighted by molar-refractivity contribution is -0.137. The Morgan fingerprint density at radius 2 is 2.00 bits per heavy atom. The number of carbonyl (C=O) groups excluding carboxylic acids is 1. The van der Waals surface area contributed by atoms with Gasteiger partial charge in [0.05, 0.1) is 17.2 Å². The molecular formula is C19H23F3N2O3. The minimum Gasteiger partial charge on any atom is -0.379 e. The highest BCUT2D eigenvalue weighted by Gasteiger charge is 2.31. The standard InChI is InChI=1S/C19H23F3N2O3/c1-4-24-11-15(18(26)23-8-5-9-27-12(2)3)17(25)14-10-13(19(20,21)22)6-7-16(14)24/h6-7,10-12H,4-5,8-9H2,1-3H3,(H,23,26). The summed E-state index contributed by atoms with van der Waals surface area (Å²) in [6, 6.07) is 2.99. The van der Waals surface area contributed by atoms with Crippen LogP contribution >= 0.6 is 0 Å². The second-order valence-corrected chi connectivity index (χ2v) is 6.42. The van der Waals surface area contributed by atoms with Crippen LogP contribution in [0.15, 0.2) is 29.2 Å². The van der Waals surface area contributed by atoms with Gasteiger partial charge >= 0.3 is 6.18 Å². The average Bonchev–Trinajstić information content (AvgIpc) is 2.60. The SMILES string of the molecule is CCn1cc(C(=O)NCCCOC(C)C)c(=O)c2cc(C(F)(F)F)ccc21. The van der Waals surface area contributed by atoms with Crippen LogP contribution in [0.3, 0.4) is 0 Å². The molecule has 0 aliphatic heterocycles. The van der Waals surface area contributed by atoms with Crippen LogP contribution in [0, 0.1) is 0 Å². The van der Waals surface area contributed by atoms with Gasteiger partial charge in [0.2, 0.25) is 5.43 Å². The van der Waals surface area contributed by atoms with Crippen molar-refractivity contribution < 1.29 is 22.7 Å². The molecule has 1 amide bonds. The molecule has 148 valence electrons. The number of benzene rings is 1. The van der Waals surface area contributed by atoms with E-state index in [2.05, 4.69) is 5.32 Å². The van der Waals surface area contributed by atoms with Crippen LogP contribution in [0.4, 0.5) is 13.2 Å². The minimum absolute atomic E-state index is 0.0841. The van der Waals surface area contributed by atoms with Crippen molar-refractivity contribution >= 4 is 16.8 Å². The van der Waals surface area contributed by atoms with Gasteiger partial charge in [-0.3, -0.25) is 9.59 Å². The maximum Gasteiger partial charge on any atom is 0.416 e. The van der Waals surface area contributed by atoms with Crippen LogP contribution < -0.4 is 10.7 Å². The molecule has 0 aliphatic carbocycles. The van der Waals surface area contributed by atoms with Crippen LogP contribution in [0.25, 0.3) is 10.9 Å². The zero-order chi connectivity index (χ0) is 20.2. The van der Waals surface area contributed by atoms with E-state index in [9.17, 15) is 22.8 Å². The summed E-state index contributed by atoms with van der Waals surface area (Å²) >= 11 is 0. The van der Waals surface area contributed by atoms with E-state index in [4.69, 9.17) is 4.74 Å². The first kappa shape index (κ1) is 21.0. The predicted octanol–water partition coefficient (Wildman–Crippen LogP) is 3.59. The van der Waals surface area contributed by atoms with Crippen molar-refractivity contribution in [2.45, 2.75) is 46.0 Å². The van der Waals surface area contributed by atoms with Gasteiger partial charge in [0.25, 0.3) is 5.91 Å². The molecule has 0 saturated heterocycles. The molecule has 2 aromatic rings. The van der Waals surface area contributed by atoms with Gasteiger partial charge in [-0.1, -0.05) is 0 Å². The molecule has 0 spiro atoms. The van der Waals surface area contributed by atoms with Crippen LogP contribution in [-0.4, -0.2) is 29.7 Å². The van der Waals surface area contributed by atoms with Crippen LogP contribution in [0.2, 0.25) is 0 Å². The van der Waals surface area contributed by atoms with Gasteiger partial charge in [-0.25, -0.2) is 0 Å². The Balaban J connectivity index is 2.32. The number of rotatable bonds is 7. The van der Waals surface area contributed by atoms with Crippen molar-refractivity contribution in [1.29, 1.82) is 0 Å². The highest BCUT2D eigenvalue weighted by atomic mass is 19.4. The molecule has 0 fully saturated rings. The summed E-state index contributed by atoms with van der Waals surface area (Å²) in [5.41, 5.74) is -1.44. The lowest BCUT2D eigenvalue weighted by atomic mass is 10.1. The van der Waals surface area contributed by atoms with E-state index in [1.165, 1.54) is 12.3 Å². The van der Waals surface area contributed by atoms with E-state index >= 15 is 0 Å². The van der Waals surface area contributed by atoms with Gasteiger partial charge in [0, 0.05) is 31.3 Å². The number of hydrogen-bond acceptors (Lipinski definition) is 3. The number of amides is 1. The van der Waals surface area contributed by atoms with Crippen molar-refractivity contribution in [1.82, 2.24) is 9.88 Å². The summed E-state index contributed by atoms with van der Waals surface area (Å²) < 4.78 is 45.9. The summed E-state index contributed by atoms with van der Waals surface area (Å²) in [6.07, 6.45) is -2.53. The number of hydrogen-bond donors (Lipinski definition) is 1. The molecule has 0 radical (unpaired) electrons. The van der Waals surface area contributed by atoms with Crippen molar-refractivity contribution in [3.8, 4) is 0 Å². The third-order valence-corrected chi connectivity index (χ3v) is 4.05. The Kier molecular flexibility index (Phi) is 6.64. The first-order valence-corrected chi connectivity index (χ1v) is 8.79. The number of nitrogens with zero attached hydrogens (tertiary/aromatic N) is 1. The number of carbonyl (C=O) groups is 1. The Hall–Kier alpha value is -2.35.